The highest BCUT2D eigenvalue weighted by atomic mass is 14.9. The molecule has 0 nitrogen and oxygen atoms in total. The molecule has 5 atom stereocenters. The van der Waals surface area contributed by atoms with Gasteiger partial charge in [0.05, 0.1) is 0 Å². The summed E-state index contributed by atoms with van der Waals surface area (Å²) in [5.74, 6) is 4.31. The molecule has 0 aliphatic heterocycles. The molecule has 2 saturated carbocycles. The first-order chi connectivity index (χ1) is 5.14. The fraction of sp³-hybridized carbons (Fsp3) is 1.00. The Bertz CT molecular complexity index is 173. The van der Waals surface area contributed by atoms with Crippen LogP contribution in [0.4, 0.5) is 0 Å². The van der Waals surface area contributed by atoms with Crippen LogP contribution in [0.3, 0.4) is 0 Å². The van der Waals surface area contributed by atoms with Gasteiger partial charge in [-0.3, -0.25) is 0 Å². The zero-order chi connectivity index (χ0) is 8.22. The van der Waals surface area contributed by atoms with Gasteiger partial charge < -0.3 is 0 Å². The van der Waals surface area contributed by atoms with Crippen molar-refractivity contribution in [1.82, 2.24) is 0 Å². The Morgan fingerprint density at radius 3 is 2.36 bits per heavy atom. The second kappa shape index (κ2) is 2.02. The van der Waals surface area contributed by atoms with Crippen LogP contribution in [-0.4, -0.2) is 0 Å². The molecule has 2 fully saturated rings. The predicted octanol–water partition coefficient (Wildman–Crippen LogP) is 3.32. The molecular weight excluding hydrogens is 132 g/mol. The van der Waals surface area contributed by atoms with E-state index < -0.39 is 0 Å². The van der Waals surface area contributed by atoms with Crippen molar-refractivity contribution in [3.63, 3.8) is 0 Å². The molecule has 0 heteroatoms. The average Bonchev–Trinajstić information content (AvgIpc) is 2.73. The van der Waals surface area contributed by atoms with Gasteiger partial charge in [-0.05, 0) is 29.1 Å². The largest absolute Gasteiger partial charge is 0.0654 e. The lowest BCUT2D eigenvalue weighted by Gasteiger charge is -2.19. The van der Waals surface area contributed by atoms with Crippen LogP contribution in [0.1, 0.15) is 40.5 Å². The number of rotatable bonds is 3. The van der Waals surface area contributed by atoms with Crippen molar-refractivity contribution < 1.29 is 0 Å². The highest BCUT2D eigenvalue weighted by Gasteiger charge is 2.81. The molecule has 0 amide bonds. The Morgan fingerprint density at radius 1 is 1.45 bits per heavy atom. The van der Waals surface area contributed by atoms with E-state index in [2.05, 4.69) is 27.7 Å². The number of hydrogen-bond acceptors (Lipinski definition) is 0. The average molecular weight is 152 g/mol. The van der Waals surface area contributed by atoms with Crippen LogP contribution in [-0.2, 0) is 0 Å². The Labute approximate surface area is 70.4 Å². The quantitative estimate of drug-likeness (QED) is 0.582. The molecule has 0 aromatic heterocycles. The van der Waals surface area contributed by atoms with E-state index in [4.69, 9.17) is 0 Å². The van der Waals surface area contributed by atoms with E-state index in [0.29, 0.717) is 0 Å². The summed E-state index contributed by atoms with van der Waals surface area (Å²) in [6, 6.07) is 0. The van der Waals surface area contributed by atoms with Gasteiger partial charge >= 0.3 is 0 Å². The Hall–Kier alpha value is 0. The maximum Gasteiger partial charge on any atom is -0.0229 e. The SMILES string of the molecule is CCCC(C)C1C2C(C)C12C. The molecule has 0 N–H and O–H groups in total. The van der Waals surface area contributed by atoms with Crippen LogP contribution in [0.5, 0.6) is 0 Å². The molecule has 0 bridgehead atoms. The van der Waals surface area contributed by atoms with E-state index in [-0.39, 0.29) is 0 Å². The summed E-state index contributed by atoms with van der Waals surface area (Å²) >= 11 is 0. The van der Waals surface area contributed by atoms with Gasteiger partial charge in [0.2, 0.25) is 0 Å². The van der Waals surface area contributed by atoms with Crippen molar-refractivity contribution in [3.05, 3.63) is 0 Å². The topological polar surface area (TPSA) is 0 Å². The first kappa shape index (κ1) is 7.64. The monoisotopic (exact) mass is 152 g/mol. The summed E-state index contributed by atoms with van der Waals surface area (Å²) in [6.07, 6.45) is 2.82. The number of fused-ring (bicyclic) bond motifs is 1. The molecule has 2 aliphatic rings. The predicted molar refractivity (Wildman–Crippen MR) is 48.3 cm³/mol. The fourth-order valence-corrected chi connectivity index (χ4v) is 3.49. The molecule has 64 valence electrons. The van der Waals surface area contributed by atoms with Gasteiger partial charge in [0.1, 0.15) is 0 Å². The van der Waals surface area contributed by atoms with E-state index in [0.717, 1.165) is 29.1 Å². The van der Waals surface area contributed by atoms with Gasteiger partial charge in [0.15, 0.2) is 0 Å². The van der Waals surface area contributed by atoms with E-state index in [1.165, 1.54) is 12.8 Å². The van der Waals surface area contributed by atoms with Gasteiger partial charge in [0.25, 0.3) is 0 Å². The van der Waals surface area contributed by atoms with Crippen LogP contribution in [0, 0.1) is 29.1 Å². The molecule has 2 rings (SSSR count). The summed E-state index contributed by atoms with van der Waals surface area (Å²) in [5.41, 5.74) is 0.814. The smallest absolute Gasteiger partial charge is 0.0229 e. The van der Waals surface area contributed by atoms with Gasteiger partial charge in [0, 0.05) is 0 Å². The summed E-state index contributed by atoms with van der Waals surface area (Å²) < 4.78 is 0. The third-order valence-corrected chi connectivity index (χ3v) is 4.48. The minimum atomic E-state index is 0.814. The Balaban J connectivity index is 1.84. The zero-order valence-electron chi connectivity index (χ0n) is 8.22. The third kappa shape index (κ3) is 0.761. The van der Waals surface area contributed by atoms with Crippen LogP contribution in [0.15, 0.2) is 0 Å². The van der Waals surface area contributed by atoms with Gasteiger partial charge in [-0.25, -0.2) is 0 Å². The minimum absolute atomic E-state index is 0.814. The third-order valence-electron chi connectivity index (χ3n) is 4.48. The van der Waals surface area contributed by atoms with E-state index in [1.807, 2.05) is 0 Å². The fourth-order valence-electron chi connectivity index (χ4n) is 3.49. The molecule has 2 aliphatic carbocycles. The summed E-state index contributed by atoms with van der Waals surface area (Å²) in [5, 5.41) is 0. The van der Waals surface area contributed by atoms with Gasteiger partial charge in [-0.2, -0.15) is 0 Å². The number of hydrogen-bond donors (Lipinski definition) is 0. The Kier molecular flexibility index (Phi) is 1.41. The highest BCUT2D eigenvalue weighted by Crippen LogP contribution is 2.85. The van der Waals surface area contributed by atoms with Crippen molar-refractivity contribution in [3.8, 4) is 0 Å². The van der Waals surface area contributed by atoms with E-state index in [9.17, 15) is 0 Å². The normalized spacial score (nSPS) is 55.1. The van der Waals surface area contributed by atoms with Crippen molar-refractivity contribution >= 4 is 0 Å². The van der Waals surface area contributed by atoms with Gasteiger partial charge in [-0.1, -0.05) is 40.5 Å². The second-order valence-corrected chi connectivity index (χ2v) is 4.97. The molecule has 0 saturated heterocycles. The molecule has 0 aromatic rings. The minimum Gasteiger partial charge on any atom is -0.0654 e. The summed E-state index contributed by atoms with van der Waals surface area (Å²) in [4.78, 5) is 0. The standard InChI is InChI=1S/C11H20/c1-5-6-7(2)9-10-8(3)11(9,10)4/h7-10H,5-6H2,1-4H3. The van der Waals surface area contributed by atoms with Crippen LogP contribution in [0.2, 0.25) is 0 Å². The Morgan fingerprint density at radius 2 is 2.00 bits per heavy atom. The first-order valence-corrected chi connectivity index (χ1v) is 5.14. The molecule has 5 unspecified atom stereocenters. The van der Waals surface area contributed by atoms with Crippen molar-refractivity contribution in [2.24, 2.45) is 29.1 Å². The lowest BCUT2D eigenvalue weighted by atomic mass is 9.86. The second-order valence-electron chi connectivity index (χ2n) is 4.97. The maximum atomic E-state index is 2.49. The highest BCUT2D eigenvalue weighted by molar-refractivity contribution is 5.28. The van der Waals surface area contributed by atoms with Gasteiger partial charge in [-0.15, -0.1) is 0 Å². The first-order valence-electron chi connectivity index (χ1n) is 5.14. The maximum absolute atomic E-state index is 2.49. The van der Waals surface area contributed by atoms with Crippen molar-refractivity contribution in [2.75, 3.05) is 0 Å². The molecule has 11 heavy (non-hydrogen) atoms. The molecule has 0 radical (unpaired) electrons. The molecule has 0 heterocycles. The lowest BCUT2D eigenvalue weighted by molar-refractivity contribution is 0.298. The van der Waals surface area contributed by atoms with Crippen molar-refractivity contribution in [1.29, 1.82) is 0 Å². The van der Waals surface area contributed by atoms with Crippen LogP contribution < -0.4 is 0 Å². The van der Waals surface area contributed by atoms with E-state index in [1.54, 1.807) is 0 Å². The molecule has 0 aromatic carbocycles. The van der Waals surface area contributed by atoms with Crippen LogP contribution >= 0.6 is 0 Å². The van der Waals surface area contributed by atoms with E-state index >= 15 is 0 Å². The van der Waals surface area contributed by atoms with Crippen molar-refractivity contribution in [2.45, 2.75) is 40.5 Å². The molecular formula is C11H20. The lowest BCUT2D eigenvalue weighted by Crippen LogP contribution is -2.12. The summed E-state index contributed by atoms with van der Waals surface area (Å²) in [6.45, 7) is 9.65. The summed E-state index contributed by atoms with van der Waals surface area (Å²) in [7, 11) is 0. The van der Waals surface area contributed by atoms with Crippen LogP contribution in [0.25, 0.3) is 0 Å². The molecule has 0 spiro atoms. The zero-order valence-corrected chi connectivity index (χ0v) is 8.22.